The highest BCUT2D eigenvalue weighted by molar-refractivity contribution is 5.27. The monoisotopic (exact) mass is 258 g/mol. The third-order valence-electron chi connectivity index (χ3n) is 3.53. The molecule has 0 aliphatic rings. The molecule has 19 heavy (non-hydrogen) atoms. The van der Waals surface area contributed by atoms with Crippen LogP contribution in [0.1, 0.15) is 29.7 Å². The Morgan fingerprint density at radius 2 is 1.79 bits per heavy atom. The summed E-state index contributed by atoms with van der Waals surface area (Å²) in [6.07, 6.45) is 0.142. The number of benzene rings is 2. The van der Waals surface area contributed by atoms with E-state index in [4.69, 9.17) is 0 Å². The predicted molar refractivity (Wildman–Crippen MR) is 75.4 cm³/mol. The Bertz CT molecular complexity index is 536. The van der Waals surface area contributed by atoms with E-state index in [0.717, 1.165) is 16.7 Å². The largest absolute Gasteiger partial charge is 0.388 e. The molecule has 1 N–H and O–H groups in total. The number of hydrogen-bond donors (Lipinski definition) is 1. The molecule has 100 valence electrons. The summed E-state index contributed by atoms with van der Waals surface area (Å²) in [4.78, 5) is 0. The van der Waals surface area contributed by atoms with Crippen LogP contribution in [0.3, 0.4) is 0 Å². The van der Waals surface area contributed by atoms with E-state index in [1.165, 1.54) is 6.07 Å². The smallest absolute Gasteiger partial charge is 0.123 e. The van der Waals surface area contributed by atoms with Gasteiger partial charge < -0.3 is 5.11 Å². The summed E-state index contributed by atoms with van der Waals surface area (Å²) in [5, 5.41) is 10.3. The fourth-order valence-electron chi connectivity index (χ4n) is 2.30. The van der Waals surface area contributed by atoms with Gasteiger partial charge >= 0.3 is 0 Å². The fraction of sp³-hybridized carbons (Fsp3) is 0.294. The van der Waals surface area contributed by atoms with Gasteiger partial charge in [0.05, 0.1) is 6.10 Å². The normalized spacial score (nSPS) is 14.1. The molecule has 0 radical (unpaired) electrons. The third-order valence-corrected chi connectivity index (χ3v) is 3.53. The van der Waals surface area contributed by atoms with Gasteiger partial charge in [0.15, 0.2) is 0 Å². The van der Waals surface area contributed by atoms with Crippen molar-refractivity contribution < 1.29 is 9.50 Å². The molecule has 0 fully saturated rings. The zero-order valence-corrected chi connectivity index (χ0v) is 11.3. The minimum absolute atomic E-state index is 0.0444. The molecule has 0 saturated heterocycles. The molecule has 2 rings (SSSR count). The summed E-state index contributed by atoms with van der Waals surface area (Å²) in [6.45, 7) is 3.96. The van der Waals surface area contributed by atoms with E-state index in [0.29, 0.717) is 6.42 Å². The lowest BCUT2D eigenvalue weighted by molar-refractivity contribution is 0.117. The second-order valence-electron chi connectivity index (χ2n) is 5.11. The Morgan fingerprint density at radius 1 is 1.11 bits per heavy atom. The second-order valence-corrected chi connectivity index (χ2v) is 5.11. The van der Waals surface area contributed by atoms with Crippen LogP contribution in [0.2, 0.25) is 0 Å². The molecule has 0 bridgehead atoms. The van der Waals surface area contributed by atoms with Crippen molar-refractivity contribution in [2.75, 3.05) is 0 Å². The third kappa shape index (κ3) is 3.42. The first kappa shape index (κ1) is 13.8. The molecule has 0 aromatic heterocycles. The second kappa shape index (κ2) is 5.98. The standard InChI is InChI=1S/C17H19FO/c1-12-8-9-16(18)11-15(12)10-13(2)17(19)14-6-4-3-5-7-14/h3-9,11,13,17,19H,10H2,1-2H3. The van der Waals surface area contributed by atoms with Gasteiger partial charge in [-0.25, -0.2) is 4.39 Å². The van der Waals surface area contributed by atoms with Crippen LogP contribution in [0.5, 0.6) is 0 Å². The van der Waals surface area contributed by atoms with Crippen LogP contribution in [0, 0.1) is 18.7 Å². The van der Waals surface area contributed by atoms with E-state index in [9.17, 15) is 9.50 Å². The maximum absolute atomic E-state index is 13.3. The summed E-state index contributed by atoms with van der Waals surface area (Å²) in [5.41, 5.74) is 2.93. The Hall–Kier alpha value is -1.67. The summed E-state index contributed by atoms with van der Waals surface area (Å²) in [6, 6.07) is 14.4. The van der Waals surface area contributed by atoms with Gasteiger partial charge in [-0.05, 0) is 48.1 Å². The molecule has 0 aliphatic heterocycles. The van der Waals surface area contributed by atoms with Crippen LogP contribution in [0.15, 0.2) is 48.5 Å². The molecular formula is C17H19FO. The molecule has 0 amide bonds. The quantitative estimate of drug-likeness (QED) is 0.877. The van der Waals surface area contributed by atoms with Gasteiger partial charge in [0.2, 0.25) is 0 Å². The summed E-state index contributed by atoms with van der Waals surface area (Å²) in [5.74, 6) is -0.176. The van der Waals surface area contributed by atoms with E-state index in [1.807, 2.05) is 44.2 Å². The van der Waals surface area contributed by atoms with E-state index in [1.54, 1.807) is 12.1 Å². The molecule has 2 atom stereocenters. The average molecular weight is 258 g/mol. The van der Waals surface area contributed by atoms with Gasteiger partial charge in [0.1, 0.15) is 5.82 Å². The topological polar surface area (TPSA) is 20.2 Å². The minimum atomic E-state index is -0.524. The molecule has 2 aromatic carbocycles. The summed E-state index contributed by atoms with van der Waals surface area (Å²) < 4.78 is 13.3. The number of aliphatic hydroxyl groups excluding tert-OH is 1. The van der Waals surface area contributed by atoms with Crippen molar-refractivity contribution >= 4 is 0 Å². The van der Waals surface area contributed by atoms with Crippen LogP contribution >= 0.6 is 0 Å². The Balaban J connectivity index is 2.12. The SMILES string of the molecule is Cc1ccc(F)cc1CC(C)C(O)c1ccccc1. The van der Waals surface area contributed by atoms with Crippen LogP contribution < -0.4 is 0 Å². The lowest BCUT2D eigenvalue weighted by atomic mass is 9.90. The van der Waals surface area contributed by atoms with Gasteiger partial charge in [-0.1, -0.05) is 43.3 Å². The molecule has 0 aliphatic carbocycles. The molecule has 1 nitrogen and oxygen atoms in total. The van der Waals surface area contributed by atoms with Gasteiger partial charge in [-0.3, -0.25) is 0 Å². The molecule has 0 heterocycles. The first-order chi connectivity index (χ1) is 9.08. The molecule has 0 saturated carbocycles. The van der Waals surface area contributed by atoms with Crippen molar-refractivity contribution in [3.05, 3.63) is 71.0 Å². The van der Waals surface area contributed by atoms with Crippen LogP contribution in [-0.2, 0) is 6.42 Å². The van der Waals surface area contributed by atoms with Crippen molar-refractivity contribution in [1.29, 1.82) is 0 Å². The van der Waals surface area contributed by atoms with Crippen LogP contribution in [0.4, 0.5) is 4.39 Å². The van der Waals surface area contributed by atoms with Crippen molar-refractivity contribution in [3.8, 4) is 0 Å². The number of halogens is 1. The van der Waals surface area contributed by atoms with Gasteiger partial charge in [-0.15, -0.1) is 0 Å². The highest BCUT2D eigenvalue weighted by Crippen LogP contribution is 2.26. The average Bonchev–Trinajstić information content (AvgIpc) is 2.43. The number of aliphatic hydroxyl groups is 1. The maximum Gasteiger partial charge on any atom is 0.123 e. The lowest BCUT2D eigenvalue weighted by Crippen LogP contribution is -2.12. The molecule has 2 unspecified atom stereocenters. The Morgan fingerprint density at radius 3 is 2.47 bits per heavy atom. The number of hydrogen-bond acceptors (Lipinski definition) is 1. The summed E-state index contributed by atoms with van der Waals surface area (Å²) in [7, 11) is 0. The van der Waals surface area contributed by atoms with Crippen molar-refractivity contribution in [2.45, 2.75) is 26.4 Å². The first-order valence-electron chi connectivity index (χ1n) is 6.56. The maximum atomic E-state index is 13.3. The fourth-order valence-corrected chi connectivity index (χ4v) is 2.30. The predicted octanol–water partition coefficient (Wildman–Crippen LogP) is 4.05. The van der Waals surface area contributed by atoms with Gasteiger partial charge in [0.25, 0.3) is 0 Å². The highest BCUT2D eigenvalue weighted by atomic mass is 19.1. The zero-order chi connectivity index (χ0) is 13.8. The van der Waals surface area contributed by atoms with Gasteiger partial charge in [-0.2, -0.15) is 0 Å². The van der Waals surface area contributed by atoms with Gasteiger partial charge in [0, 0.05) is 0 Å². The lowest BCUT2D eigenvalue weighted by Gasteiger charge is -2.20. The Labute approximate surface area is 113 Å². The summed E-state index contributed by atoms with van der Waals surface area (Å²) >= 11 is 0. The van der Waals surface area contributed by atoms with E-state index >= 15 is 0 Å². The van der Waals surface area contributed by atoms with E-state index < -0.39 is 6.10 Å². The minimum Gasteiger partial charge on any atom is -0.388 e. The van der Waals surface area contributed by atoms with E-state index in [-0.39, 0.29) is 11.7 Å². The molecule has 0 spiro atoms. The Kier molecular flexibility index (Phi) is 4.33. The van der Waals surface area contributed by atoms with Crippen molar-refractivity contribution in [1.82, 2.24) is 0 Å². The van der Waals surface area contributed by atoms with Crippen LogP contribution in [-0.4, -0.2) is 5.11 Å². The van der Waals surface area contributed by atoms with Crippen LogP contribution in [0.25, 0.3) is 0 Å². The number of aryl methyl sites for hydroxylation is 1. The van der Waals surface area contributed by atoms with Crippen molar-refractivity contribution in [3.63, 3.8) is 0 Å². The molecule has 2 aromatic rings. The zero-order valence-electron chi connectivity index (χ0n) is 11.3. The first-order valence-corrected chi connectivity index (χ1v) is 6.56. The highest BCUT2D eigenvalue weighted by Gasteiger charge is 2.17. The van der Waals surface area contributed by atoms with Crippen molar-refractivity contribution in [2.24, 2.45) is 5.92 Å². The number of rotatable bonds is 4. The molecule has 2 heteroatoms. The van der Waals surface area contributed by atoms with E-state index in [2.05, 4.69) is 0 Å². The molecular weight excluding hydrogens is 239 g/mol.